The number of hydrogen-bond acceptors (Lipinski definition) is 3. The highest BCUT2D eigenvalue weighted by Gasteiger charge is 2.14. The third kappa shape index (κ3) is 3.80. The van der Waals surface area contributed by atoms with Crippen LogP contribution in [0.15, 0.2) is 65.7 Å². The molecule has 3 aromatic rings. The summed E-state index contributed by atoms with van der Waals surface area (Å²) >= 11 is 0. The summed E-state index contributed by atoms with van der Waals surface area (Å²) in [5.74, 6) is -0.488. The number of benzene rings is 1. The van der Waals surface area contributed by atoms with Crippen LogP contribution >= 0.6 is 0 Å². The molecule has 3 rings (SSSR count). The number of anilines is 1. The third-order valence-corrected chi connectivity index (χ3v) is 3.75. The molecule has 0 unspecified atom stereocenters. The van der Waals surface area contributed by atoms with Gasteiger partial charge in [0.15, 0.2) is 0 Å². The van der Waals surface area contributed by atoms with Crippen molar-refractivity contribution in [3.05, 3.63) is 93.8 Å². The molecule has 1 amide bonds. The topological polar surface area (TPSA) is 64.0 Å². The molecular formula is C19H16FN3O2. The predicted molar refractivity (Wildman–Crippen MR) is 93.1 cm³/mol. The summed E-state index contributed by atoms with van der Waals surface area (Å²) in [4.78, 5) is 29.1. The Hall–Kier alpha value is -3.28. The van der Waals surface area contributed by atoms with E-state index in [1.54, 1.807) is 36.7 Å². The number of nitrogens with one attached hydrogen (secondary N) is 1. The molecule has 5 nitrogen and oxygen atoms in total. The normalized spacial score (nSPS) is 10.5. The fraction of sp³-hybridized carbons (Fsp3) is 0.105. The number of pyridine rings is 2. The molecule has 2 heterocycles. The molecule has 0 aliphatic heterocycles. The van der Waals surface area contributed by atoms with Crippen molar-refractivity contribution >= 4 is 11.7 Å². The Morgan fingerprint density at radius 3 is 2.80 bits per heavy atom. The van der Waals surface area contributed by atoms with E-state index in [2.05, 4.69) is 10.3 Å². The second-order valence-corrected chi connectivity index (χ2v) is 5.61. The van der Waals surface area contributed by atoms with Crippen LogP contribution in [0.4, 0.5) is 10.2 Å². The van der Waals surface area contributed by atoms with Crippen LogP contribution in [0.1, 0.15) is 21.5 Å². The van der Waals surface area contributed by atoms with Gasteiger partial charge in [-0.3, -0.25) is 9.59 Å². The average molecular weight is 337 g/mol. The molecule has 0 bridgehead atoms. The van der Waals surface area contributed by atoms with Crippen molar-refractivity contribution in [2.75, 3.05) is 5.32 Å². The van der Waals surface area contributed by atoms with Crippen LogP contribution in [0.5, 0.6) is 0 Å². The second kappa shape index (κ2) is 7.09. The highest BCUT2D eigenvalue weighted by atomic mass is 19.1. The maximum atomic E-state index is 13.3. The summed E-state index contributed by atoms with van der Waals surface area (Å²) in [6.07, 6.45) is 3.13. The van der Waals surface area contributed by atoms with Crippen LogP contribution in [0.3, 0.4) is 0 Å². The van der Waals surface area contributed by atoms with Gasteiger partial charge in [-0.1, -0.05) is 18.2 Å². The molecule has 0 atom stereocenters. The minimum atomic E-state index is -0.527. The maximum absolute atomic E-state index is 13.3. The summed E-state index contributed by atoms with van der Waals surface area (Å²) in [7, 11) is 0. The first-order valence-electron chi connectivity index (χ1n) is 7.71. The largest absolute Gasteiger partial charge is 0.310 e. The Morgan fingerprint density at radius 1 is 1.20 bits per heavy atom. The molecule has 0 saturated carbocycles. The van der Waals surface area contributed by atoms with Crippen LogP contribution < -0.4 is 10.9 Å². The van der Waals surface area contributed by atoms with E-state index in [1.807, 2.05) is 13.0 Å². The molecule has 6 heteroatoms. The molecule has 0 aliphatic rings. The van der Waals surface area contributed by atoms with Gasteiger partial charge in [-0.05, 0) is 48.4 Å². The molecule has 25 heavy (non-hydrogen) atoms. The van der Waals surface area contributed by atoms with Crippen molar-refractivity contribution in [1.82, 2.24) is 9.55 Å². The van der Waals surface area contributed by atoms with E-state index in [9.17, 15) is 14.0 Å². The van der Waals surface area contributed by atoms with Gasteiger partial charge in [-0.2, -0.15) is 0 Å². The van der Waals surface area contributed by atoms with Gasteiger partial charge >= 0.3 is 0 Å². The average Bonchev–Trinajstić information content (AvgIpc) is 2.59. The number of aromatic nitrogens is 2. The number of carbonyl (C=O) groups is 1. The first-order chi connectivity index (χ1) is 12.0. The zero-order valence-electron chi connectivity index (χ0n) is 13.6. The number of amides is 1. The summed E-state index contributed by atoms with van der Waals surface area (Å²) in [6.45, 7) is 2.00. The first-order valence-corrected chi connectivity index (χ1v) is 7.71. The maximum Gasteiger partial charge on any atom is 0.263 e. The zero-order valence-corrected chi connectivity index (χ0v) is 13.6. The molecule has 0 spiro atoms. The van der Waals surface area contributed by atoms with Gasteiger partial charge in [0, 0.05) is 12.4 Å². The Bertz CT molecular complexity index is 982. The number of halogens is 1. The number of rotatable bonds is 4. The van der Waals surface area contributed by atoms with Crippen molar-refractivity contribution in [1.29, 1.82) is 0 Å². The van der Waals surface area contributed by atoms with E-state index in [4.69, 9.17) is 0 Å². The SMILES string of the molecule is Cc1cccnc1NC(=O)c1cccn(Cc2cccc(F)c2)c1=O. The monoisotopic (exact) mass is 337 g/mol. The quantitative estimate of drug-likeness (QED) is 0.796. The molecule has 126 valence electrons. The van der Waals surface area contributed by atoms with E-state index < -0.39 is 11.5 Å². The highest BCUT2D eigenvalue weighted by molar-refractivity contribution is 6.03. The van der Waals surface area contributed by atoms with Gasteiger partial charge in [0.1, 0.15) is 17.2 Å². The number of hydrogen-bond donors (Lipinski definition) is 1. The lowest BCUT2D eigenvalue weighted by Gasteiger charge is -2.10. The minimum absolute atomic E-state index is 0.00366. The van der Waals surface area contributed by atoms with E-state index in [1.165, 1.54) is 22.8 Å². The lowest BCUT2D eigenvalue weighted by Crippen LogP contribution is -2.29. The van der Waals surface area contributed by atoms with E-state index in [0.717, 1.165) is 5.56 Å². The second-order valence-electron chi connectivity index (χ2n) is 5.61. The van der Waals surface area contributed by atoms with Crippen molar-refractivity contribution in [3.8, 4) is 0 Å². The van der Waals surface area contributed by atoms with Gasteiger partial charge in [0.2, 0.25) is 0 Å². The molecule has 0 aliphatic carbocycles. The lowest BCUT2D eigenvalue weighted by atomic mass is 10.2. The third-order valence-electron chi connectivity index (χ3n) is 3.75. The molecule has 1 aromatic carbocycles. The van der Waals surface area contributed by atoms with Crippen molar-refractivity contribution in [2.24, 2.45) is 0 Å². The van der Waals surface area contributed by atoms with Gasteiger partial charge in [0.25, 0.3) is 11.5 Å². The lowest BCUT2D eigenvalue weighted by molar-refractivity contribution is 0.102. The minimum Gasteiger partial charge on any atom is -0.310 e. The molecule has 0 saturated heterocycles. The molecule has 2 aromatic heterocycles. The summed E-state index contributed by atoms with van der Waals surface area (Å²) < 4.78 is 14.7. The Kier molecular flexibility index (Phi) is 4.70. The smallest absolute Gasteiger partial charge is 0.263 e. The van der Waals surface area contributed by atoms with Gasteiger partial charge in [-0.25, -0.2) is 9.37 Å². The van der Waals surface area contributed by atoms with Crippen molar-refractivity contribution < 1.29 is 9.18 Å². The fourth-order valence-corrected chi connectivity index (χ4v) is 2.46. The summed E-state index contributed by atoms with van der Waals surface area (Å²) in [5, 5.41) is 2.64. The summed E-state index contributed by atoms with van der Waals surface area (Å²) in [5.41, 5.74) is 0.994. The summed E-state index contributed by atoms with van der Waals surface area (Å²) in [6, 6.07) is 12.6. The number of nitrogens with zero attached hydrogens (tertiary/aromatic N) is 2. The van der Waals surface area contributed by atoms with Crippen molar-refractivity contribution in [3.63, 3.8) is 0 Å². The van der Waals surface area contributed by atoms with E-state index in [0.29, 0.717) is 11.4 Å². The van der Waals surface area contributed by atoms with Gasteiger partial charge < -0.3 is 9.88 Å². The van der Waals surface area contributed by atoms with Crippen molar-refractivity contribution in [2.45, 2.75) is 13.5 Å². The van der Waals surface area contributed by atoms with Crippen LogP contribution in [-0.4, -0.2) is 15.5 Å². The molecule has 0 radical (unpaired) electrons. The zero-order chi connectivity index (χ0) is 17.8. The van der Waals surface area contributed by atoms with Crippen LogP contribution in [0, 0.1) is 12.7 Å². The van der Waals surface area contributed by atoms with E-state index in [-0.39, 0.29) is 17.9 Å². The molecule has 1 N–H and O–H groups in total. The standard InChI is InChI=1S/C19H16FN3O2/c1-13-5-3-9-21-17(13)22-18(24)16-8-4-10-23(19(16)25)12-14-6-2-7-15(20)11-14/h2-11H,12H2,1H3,(H,21,22,24). The number of aryl methyl sites for hydroxylation is 1. The predicted octanol–water partition coefficient (Wildman–Crippen LogP) is 2.99. The first kappa shape index (κ1) is 16.6. The highest BCUT2D eigenvalue weighted by Crippen LogP contribution is 2.10. The van der Waals surface area contributed by atoms with Gasteiger partial charge in [0.05, 0.1) is 6.54 Å². The molecule has 0 fully saturated rings. The number of carbonyl (C=O) groups excluding carboxylic acids is 1. The van der Waals surface area contributed by atoms with Crippen LogP contribution in [0.2, 0.25) is 0 Å². The van der Waals surface area contributed by atoms with Crippen LogP contribution in [0.25, 0.3) is 0 Å². The van der Waals surface area contributed by atoms with E-state index >= 15 is 0 Å². The van der Waals surface area contributed by atoms with Crippen LogP contribution in [-0.2, 0) is 6.54 Å². The Balaban J connectivity index is 1.87. The fourth-order valence-electron chi connectivity index (χ4n) is 2.46. The Labute approximate surface area is 143 Å². The molecular weight excluding hydrogens is 321 g/mol. The Morgan fingerprint density at radius 2 is 2.04 bits per heavy atom. The van der Waals surface area contributed by atoms with Gasteiger partial charge in [-0.15, -0.1) is 0 Å².